The monoisotopic (exact) mass is 251 g/mol. The van der Waals surface area contributed by atoms with Gasteiger partial charge in [-0.3, -0.25) is 0 Å². The fourth-order valence-corrected chi connectivity index (χ4v) is 3.70. The molecule has 1 fully saturated rings. The first-order valence-corrected chi connectivity index (χ1v) is 7.95. The molecule has 1 aliphatic rings. The van der Waals surface area contributed by atoms with E-state index in [9.17, 15) is 0 Å². The Morgan fingerprint density at radius 2 is 1.88 bits per heavy atom. The standard InChI is InChI=1S/C15H25NS/c1-12(14-8-5-3-4-6-9-14)16-13(2)15-10-7-11-17-15/h7,10-14,16H,3-6,8-9H2,1-2H3/t12-,13?/m0/s1. The van der Waals surface area contributed by atoms with Gasteiger partial charge in [-0.25, -0.2) is 0 Å². The molecule has 2 atom stereocenters. The third kappa shape index (κ3) is 3.82. The van der Waals surface area contributed by atoms with Gasteiger partial charge in [0.2, 0.25) is 0 Å². The molecule has 1 aromatic rings. The van der Waals surface area contributed by atoms with E-state index in [-0.39, 0.29) is 0 Å². The summed E-state index contributed by atoms with van der Waals surface area (Å²) < 4.78 is 0. The predicted molar refractivity (Wildman–Crippen MR) is 76.5 cm³/mol. The van der Waals surface area contributed by atoms with E-state index in [0.717, 1.165) is 5.92 Å². The minimum atomic E-state index is 0.508. The van der Waals surface area contributed by atoms with Crippen LogP contribution in [-0.4, -0.2) is 6.04 Å². The Bertz CT molecular complexity index is 299. The first-order chi connectivity index (χ1) is 8.27. The lowest BCUT2D eigenvalue weighted by atomic mass is 9.92. The zero-order valence-electron chi connectivity index (χ0n) is 11.1. The van der Waals surface area contributed by atoms with Crippen LogP contribution in [0, 0.1) is 5.92 Å². The predicted octanol–water partition coefficient (Wildman–Crippen LogP) is 4.76. The van der Waals surface area contributed by atoms with Crippen molar-refractivity contribution in [2.45, 2.75) is 64.5 Å². The van der Waals surface area contributed by atoms with Crippen LogP contribution in [0.3, 0.4) is 0 Å². The van der Waals surface area contributed by atoms with Crippen molar-refractivity contribution < 1.29 is 0 Å². The Hall–Kier alpha value is -0.340. The smallest absolute Gasteiger partial charge is 0.0388 e. The zero-order valence-corrected chi connectivity index (χ0v) is 11.9. The molecule has 0 aromatic carbocycles. The van der Waals surface area contributed by atoms with Crippen LogP contribution in [0.15, 0.2) is 17.5 Å². The third-order valence-corrected chi connectivity index (χ3v) is 5.14. The molecule has 1 N–H and O–H groups in total. The number of hydrogen-bond donors (Lipinski definition) is 1. The van der Waals surface area contributed by atoms with E-state index in [1.54, 1.807) is 0 Å². The summed E-state index contributed by atoms with van der Waals surface area (Å²) in [5, 5.41) is 5.96. The van der Waals surface area contributed by atoms with Gasteiger partial charge < -0.3 is 5.32 Å². The molecular formula is C15H25NS. The van der Waals surface area contributed by atoms with E-state index in [0.29, 0.717) is 12.1 Å². The molecule has 1 heterocycles. The van der Waals surface area contributed by atoms with E-state index < -0.39 is 0 Å². The van der Waals surface area contributed by atoms with Crippen LogP contribution in [-0.2, 0) is 0 Å². The highest BCUT2D eigenvalue weighted by molar-refractivity contribution is 7.10. The topological polar surface area (TPSA) is 12.0 Å². The van der Waals surface area contributed by atoms with Crippen LogP contribution in [0.1, 0.15) is 63.3 Å². The lowest BCUT2D eigenvalue weighted by Crippen LogP contribution is -2.35. The molecule has 0 aliphatic heterocycles. The number of rotatable bonds is 4. The number of nitrogens with one attached hydrogen (secondary N) is 1. The Kier molecular flexibility index (Phi) is 5.05. The van der Waals surface area contributed by atoms with Crippen LogP contribution < -0.4 is 5.32 Å². The average Bonchev–Trinajstić information content (AvgIpc) is 2.71. The second-order valence-electron chi connectivity index (χ2n) is 5.44. The van der Waals surface area contributed by atoms with Gasteiger partial charge in [-0.05, 0) is 44.1 Å². The maximum atomic E-state index is 3.79. The van der Waals surface area contributed by atoms with E-state index in [1.807, 2.05) is 11.3 Å². The summed E-state index contributed by atoms with van der Waals surface area (Å²) in [5.74, 6) is 0.889. The van der Waals surface area contributed by atoms with Crippen molar-refractivity contribution >= 4 is 11.3 Å². The second-order valence-corrected chi connectivity index (χ2v) is 6.42. The maximum absolute atomic E-state index is 3.79. The van der Waals surface area contributed by atoms with Crippen LogP contribution >= 0.6 is 11.3 Å². The number of thiophene rings is 1. The summed E-state index contributed by atoms with van der Waals surface area (Å²) in [5.41, 5.74) is 0. The van der Waals surface area contributed by atoms with Crippen LogP contribution in [0.2, 0.25) is 0 Å². The van der Waals surface area contributed by atoms with Crippen molar-refractivity contribution in [3.63, 3.8) is 0 Å². The summed E-state index contributed by atoms with van der Waals surface area (Å²) >= 11 is 1.86. The van der Waals surface area contributed by atoms with E-state index in [2.05, 4.69) is 36.7 Å². The fourth-order valence-electron chi connectivity index (χ4n) is 2.96. The molecule has 0 bridgehead atoms. The average molecular weight is 251 g/mol. The molecule has 0 radical (unpaired) electrons. The van der Waals surface area contributed by atoms with Crippen molar-refractivity contribution in [2.24, 2.45) is 5.92 Å². The fraction of sp³-hybridized carbons (Fsp3) is 0.733. The first kappa shape index (κ1) is 13.1. The molecule has 1 unspecified atom stereocenters. The summed E-state index contributed by atoms with van der Waals surface area (Å²) in [7, 11) is 0. The van der Waals surface area contributed by atoms with Gasteiger partial charge in [0.05, 0.1) is 0 Å². The normalized spacial score (nSPS) is 22.0. The third-order valence-electron chi connectivity index (χ3n) is 4.09. The number of hydrogen-bond acceptors (Lipinski definition) is 2. The van der Waals surface area contributed by atoms with E-state index in [1.165, 1.54) is 43.4 Å². The van der Waals surface area contributed by atoms with Crippen molar-refractivity contribution in [2.75, 3.05) is 0 Å². The molecule has 2 rings (SSSR count). The molecule has 0 saturated heterocycles. The maximum Gasteiger partial charge on any atom is 0.0388 e. The highest BCUT2D eigenvalue weighted by atomic mass is 32.1. The van der Waals surface area contributed by atoms with Gasteiger partial charge in [-0.15, -0.1) is 11.3 Å². The molecule has 1 aliphatic carbocycles. The first-order valence-electron chi connectivity index (χ1n) is 7.07. The molecule has 1 saturated carbocycles. The van der Waals surface area contributed by atoms with Gasteiger partial charge in [-0.2, -0.15) is 0 Å². The van der Waals surface area contributed by atoms with Gasteiger partial charge >= 0.3 is 0 Å². The van der Waals surface area contributed by atoms with Crippen LogP contribution in [0.4, 0.5) is 0 Å². The van der Waals surface area contributed by atoms with E-state index in [4.69, 9.17) is 0 Å². The molecular weight excluding hydrogens is 226 g/mol. The van der Waals surface area contributed by atoms with Crippen LogP contribution in [0.25, 0.3) is 0 Å². The highest BCUT2D eigenvalue weighted by Gasteiger charge is 2.20. The summed E-state index contributed by atoms with van der Waals surface area (Å²) in [6.45, 7) is 4.67. The van der Waals surface area contributed by atoms with Crippen molar-refractivity contribution in [1.82, 2.24) is 5.32 Å². The Labute approximate surface area is 110 Å². The lowest BCUT2D eigenvalue weighted by molar-refractivity contribution is 0.318. The molecule has 0 amide bonds. The molecule has 2 heteroatoms. The quantitative estimate of drug-likeness (QED) is 0.761. The molecule has 0 spiro atoms. The molecule has 96 valence electrons. The minimum Gasteiger partial charge on any atom is -0.307 e. The van der Waals surface area contributed by atoms with Gasteiger partial charge in [0, 0.05) is 17.0 Å². The second kappa shape index (κ2) is 6.55. The summed E-state index contributed by atoms with van der Waals surface area (Å²) in [4.78, 5) is 1.46. The van der Waals surface area contributed by atoms with Gasteiger partial charge in [-0.1, -0.05) is 31.7 Å². The Morgan fingerprint density at radius 3 is 2.47 bits per heavy atom. The molecule has 1 nitrogen and oxygen atoms in total. The molecule has 17 heavy (non-hydrogen) atoms. The Balaban J connectivity index is 1.85. The lowest BCUT2D eigenvalue weighted by Gasteiger charge is -2.26. The largest absolute Gasteiger partial charge is 0.307 e. The van der Waals surface area contributed by atoms with Crippen LogP contribution in [0.5, 0.6) is 0 Å². The van der Waals surface area contributed by atoms with Crippen molar-refractivity contribution in [3.8, 4) is 0 Å². The van der Waals surface area contributed by atoms with Crippen molar-refractivity contribution in [1.29, 1.82) is 0 Å². The zero-order chi connectivity index (χ0) is 12.1. The van der Waals surface area contributed by atoms with Gasteiger partial charge in [0.1, 0.15) is 0 Å². The minimum absolute atomic E-state index is 0.508. The SMILES string of the molecule is CC(N[C@@H](C)C1CCCCCC1)c1cccs1. The van der Waals surface area contributed by atoms with Crippen molar-refractivity contribution in [3.05, 3.63) is 22.4 Å². The highest BCUT2D eigenvalue weighted by Crippen LogP contribution is 2.27. The summed E-state index contributed by atoms with van der Waals surface area (Å²) in [6, 6.07) is 5.55. The van der Waals surface area contributed by atoms with Gasteiger partial charge in [0.15, 0.2) is 0 Å². The van der Waals surface area contributed by atoms with Gasteiger partial charge in [0.25, 0.3) is 0 Å². The van der Waals surface area contributed by atoms with E-state index >= 15 is 0 Å². The Morgan fingerprint density at radius 1 is 1.18 bits per heavy atom. The summed E-state index contributed by atoms with van der Waals surface area (Å²) in [6.07, 6.45) is 8.61. The molecule has 1 aromatic heterocycles.